The molecule has 0 aromatic carbocycles. The number of nitrogens with one attached hydrogen (secondary N) is 1. The van der Waals surface area contributed by atoms with Crippen molar-refractivity contribution < 1.29 is 14.4 Å². The number of hydrogen-bond donors (Lipinski definition) is 1. The molecule has 4 heterocycles. The minimum absolute atomic E-state index is 0.0342. The monoisotopic (exact) mass is 429 g/mol. The van der Waals surface area contributed by atoms with Gasteiger partial charge in [-0.05, 0) is 37.1 Å². The van der Waals surface area contributed by atoms with Gasteiger partial charge in [0.15, 0.2) is 0 Å². The Labute approximate surface area is 179 Å². The Balaban J connectivity index is 1.29. The van der Waals surface area contributed by atoms with Crippen molar-refractivity contribution in [3.63, 3.8) is 0 Å². The molecule has 9 heteroatoms. The molecule has 0 aliphatic carbocycles. The molecule has 0 radical (unpaired) electrons. The molecule has 8 nitrogen and oxygen atoms in total. The van der Waals surface area contributed by atoms with E-state index in [9.17, 15) is 14.4 Å². The molecule has 1 unspecified atom stereocenters. The average molecular weight is 430 g/mol. The Hall–Kier alpha value is -2.68. The number of thiophene rings is 1. The summed E-state index contributed by atoms with van der Waals surface area (Å²) in [5, 5.41) is 9.03. The average Bonchev–Trinajstić information content (AvgIpc) is 3.49. The van der Waals surface area contributed by atoms with Crippen molar-refractivity contribution in [3.8, 4) is 0 Å². The summed E-state index contributed by atoms with van der Waals surface area (Å²) in [7, 11) is 1.78. The maximum Gasteiger partial charge on any atom is 0.254 e. The highest BCUT2D eigenvalue weighted by Gasteiger charge is 2.37. The molecule has 2 fully saturated rings. The van der Waals surface area contributed by atoms with E-state index in [1.54, 1.807) is 40.4 Å². The molecule has 3 amide bonds. The number of likely N-dealkylation sites (tertiary alicyclic amines) is 2. The summed E-state index contributed by atoms with van der Waals surface area (Å²) in [5.74, 6) is -0.0509. The summed E-state index contributed by atoms with van der Waals surface area (Å²) >= 11 is 1.57. The number of aromatic nitrogens is 2. The van der Waals surface area contributed by atoms with Gasteiger partial charge in [0, 0.05) is 43.8 Å². The smallest absolute Gasteiger partial charge is 0.254 e. The van der Waals surface area contributed by atoms with Gasteiger partial charge in [0.05, 0.1) is 18.2 Å². The standard InChI is InChI=1S/C21H27N5O3S/c1-24-14-15(13-22-24)20(28)23-16-6-9-25(10-7-16)21(29)18-5-2-8-26(18)19(27)12-17-4-3-11-30-17/h3-4,11,13-14,16,18H,2,5-10,12H2,1H3,(H,23,28). The van der Waals surface area contributed by atoms with Crippen LogP contribution in [-0.4, -0.2) is 69.0 Å². The van der Waals surface area contributed by atoms with E-state index in [2.05, 4.69) is 10.4 Å². The van der Waals surface area contributed by atoms with Crippen molar-refractivity contribution in [2.45, 2.75) is 44.2 Å². The first-order valence-electron chi connectivity index (χ1n) is 10.4. The van der Waals surface area contributed by atoms with E-state index in [1.807, 2.05) is 22.4 Å². The number of hydrogen-bond acceptors (Lipinski definition) is 5. The van der Waals surface area contributed by atoms with Crippen LogP contribution in [0.2, 0.25) is 0 Å². The van der Waals surface area contributed by atoms with E-state index >= 15 is 0 Å². The zero-order valence-electron chi connectivity index (χ0n) is 17.1. The molecular weight excluding hydrogens is 402 g/mol. The normalized spacial score (nSPS) is 19.8. The van der Waals surface area contributed by atoms with E-state index < -0.39 is 0 Å². The van der Waals surface area contributed by atoms with E-state index in [4.69, 9.17) is 0 Å². The Bertz CT molecular complexity index is 902. The van der Waals surface area contributed by atoms with Gasteiger partial charge < -0.3 is 15.1 Å². The lowest BCUT2D eigenvalue weighted by molar-refractivity contribution is -0.144. The molecule has 0 bridgehead atoms. The van der Waals surface area contributed by atoms with Crippen LogP contribution >= 0.6 is 11.3 Å². The molecule has 0 spiro atoms. The third-order valence-electron chi connectivity index (χ3n) is 5.87. The second kappa shape index (κ2) is 8.99. The number of amides is 3. The molecule has 160 valence electrons. The van der Waals surface area contributed by atoms with Crippen molar-refractivity contribution in [3.05, 3.63) is 40.3 Å². The minimum atomic E-state index is -0.348. The minimum Gasteiger partial charge on any atom is -0.349 e. The second-order valence-electron chi connectivity index (χ2n) is 7.98. The molecular formula is C21H27N5O3S. The third kappa shape index (κ3) is 4.56. The van der Waals surface area contributed by atoms with Gasteiger partial charge >= 0.3 is 0 Å². The van der Waals surface area contributed by atoms with Crippen LogP contribution in [0.3, 0.4) is 0 Å². The maximum atomic E-state index is 13.1. The van der Waals surface area contributed by atoms with Crippen LogP contribution in [0.4, 0.5) is 0 Å². The summed E-state index contributed by atoms with van der Waals surface area (Å²) in [5.41, 5.74) is 0.543. The van der Waals surface area contributed by atoms with E-state index in [0.717, 1.165) is 17.7 Å². The molecule has 2 aromatic heterocycles. The Kier molecular flexibility index (Phi) is 6.17. The van der Waals surface area contributed by atoms with Gasteiger partial charge in [0.25, 0.3) is 5.91 Å². The fraction of sp³-hybridized carbons (Fsp3) is 0.524. The van der Waals surface area contributed by atoms with Gasteiger partial charge in [-0.1, -0.05) is 6.07 Å². The Morgan fingerprint density at radius 2 is 2.00 bits per heavy atom. The number of nitrogens with zero attached hydrogens (tertiary/aromatic N) is 4. The third-order valence-corrected chi connectivity index (χ3v) is 6.75. The molecule has 30 heavy (non-hydrogen) atoms. The summed E-state index contributed by atoms with van der Waals surface area (Å²) < 4.78 is 1.60. The van der Waals surface area contributed by atoms with Crippen molar-refractivity contribution in [1.29, 1.82) is 0 Å². The highest BCUT2D eigenvalue weighted by atomic mass is 32.1. The highest BCUT2D eigenvalue weighted by molar-refractivity contribution is 7.10. The molecule has 2 aliphatic rings. The van der Waals surface area contributed by atoms with Gasteiger partial charge in [-0.15, -0.1) is 11.3 Å². The van der Waals surface area contributed by atoms with E-state index in [1.165, 1.54) is 0 Å². The number of carbonyl (C=O) groups excluding carboxylic acids is 3. The molecule has 2 saturated heterocycles. The van der Waals surface area contributed by atoms with Crippen molar-refractivity contribution in [2.75, 3.05) is 19.6 Å². The van der Waals surface area contributed by atoms with E-state index in [-0.39, 0.29) is 29.8 Å². The van der Waals surface area contributed by atoms with Gasteiger partial charge in [-0.25, -0.2) is 0 Å². The first kappa shape index (κ1) is 20.6. The van der Waals surface area contributed by atoms with Crippen LogP contribution in [0.5, 0.6) is 0 Å². The summed E-state index contributed by atoms with van der Waals surface area (Å²) in [6.45, 7) is 1.85. The zero-order chi connectivity index (χ0) is 21.1. The van der Waals surface area contributed by atoms with Crippen LogP contribution in [0.1, 0.15) is 40.9 Å². The quantitative estimate of drug-likeness (QED) is 0.779. The first-order chi connectivity index (χ1) is 14.5. The fourth-order valence-corrected chi connectivity index (χ4v) is 4.94. The summed E-state index contributed by atoms with van der Waals surface area (Å²) in [6, 6.07) is 3.60. The van der Waals surface area contributed by atoms with Gasteiger partial charge in [0.2, 0.25) is 11.8 Å². The lowest BCUT2D eigenvalue weighted by atomic mass is 10.0. The zero-order valence-corrected chi connectivity index (χ0v) is 17.9. The molecule has 4 rings (SSSR count). The predicted molar refractivity (Wildman–Crippen MR) is 113 cm³/mol. The lowest BCUT2D eigenvalue weighted by Gasteiger charge is -2.35. The molecule has 0 saturated carbocycles. The number of rotatable bonds is 5. The Morgan fingerprint density at radius 3 is 2.67 bits per heavy atom. The molecule has 2 aromatic rings. The van der Waals surface area contributed by atoms with E-state index in [0.29, 0.717) is 44.5 Å². The largest absolute Gasteiger partial charge is 0.349 e. The van der Waals surface area contributed by atoms with Gasteiger partial charge in [-0.3, -0.25) is 19.1 Å². The van der Waals surface area contributed by atoms with Gasteiger partial charge in [-0.2, -0.15) is 5.10 Å². The summed E-state index contributed by atoms with van der Waals surface area (Å²) in [4.78, 5) is 42.8. The van der Waals surface area contributed by atoms with Gasteiger partial charge in [0.1, 0.15) is 6.04 Å². The molecule has 1 atom stereocenters. The predicted octanol–water partition coefficient (Wildman–Crippen LogP) is 1.44. The van der Waals surface area contributed by atoms with Crippen molar-refractivity contribution in [2.24, 2.45) is 7.05 Å². The maximum absolute atomic E-state index is 13.1. The lowest BCUT2D eigenvalue weighted by Crippen LogP contribution is -2.52. The Morgan fingerprint density at radius 1 is 1.20 bits per heavy atom. The first-order valence-corrected chi connectivity index (χ1v) is 11.3. The van der Waals surface area contributed by atoms with Crippen molar-refractivity contribution >= 4 is 29.1 Å². The van der Waals surface area contributed by atoms with Crippen LogP contribution in [-0.2, 0) is 23.1 Å². The highest BCUT2D eigenvalue weighted by Crippen LogP contribution is 2.23. The summed E-state index contributed by atoms with van der Waals surface area (Å²) in [6.07, 6.45) is 6.63. The number of aryl methyl sites for hydroxylation is 1. The van der Waals surface area contributed by atoms with Crippen LogP contribution in [0.15, 0.2) is 29.9 Å². The number of carbonyl (C=O) groups is 3. The van der Waals surface area contributed by atoms with Crippen LogP contribution in [0, 0.1) is 0 Å². The van der Waals surface area contributed by atoms with Crippen LogP contribution in [0.25, 0.3) is 0 Å². The fourth-order valence-electron chi connectivity index (χ4n) is 4.25. The number of piperidine rings is 1. The molecule has 1 N–H and O–H groups in total. The van der Waals surface area contributed by atoms with Crippen LogP contribution < -0.4 is 5.32 Å². The van der Waals surface area contributed by atoms with Crippen molar-refractivity contribution in [1.82, 2.24) is 24.9 Å². The second-order valence-corrected chi connectivity index (χ2v) is 9.01. The topological polar surface area (TPSA) is 87.5 Å². The SMILES string of the molecule is Cn1cc(C(=O)NC2CCN(C(=O)C3CCCN3C(=O)Cc3cccs3)CC2)cn1. The molecule has 2 aliphatic heterocycles.